The molecule has 2 aliphatic heterocycles. The molecule has 0 bridgehead atoms. The van der Waals surface area contributed by atoms with Crippen molar-refractivity contribution in [2.75, 3.05) is 27.5 Å². The van der Waals surface area contributed by atoms with Crippen molar-refractivity contribution in [2.24, 2.45) is 0 Å². The molecule has 0 radical (unpaired) electrons. The predicted molar refractivity (Wildman–Crippen MR) is 130 cm³/mol. The first-order chi connectivity index (χ1) is 16.3. The molecule has 0 saturated heterocycles. The van der Waals surface area contributed by atoms with E-state index in [0.717, 1.165) is 17.5 Å². The van der Waals surface area contributed by atoms with Gasteiger partial charge in [0.15, 0.2) is 16.3 Å². The molecule has 1 aromatic heterocycles. The largest absolute Gasteiger partial charge is 0.494 e. The second kappa shape index (κ2) is 8.48. The highest BCUT2D eigenvalue weighted by molar-refractivity contribution is 7.71. The maximum absolute atomic E-state index is 13.3. The Labute approximate surface area is 202 Å². The van der Waals surface area contributed by atoms with Gasteiger partial charge >= 0.3 is 0 Å². The number of benzene rings is 2. The van der Waals surface area contributed by atoms with E-state index in [1.165, 1.54) is 10.1 Å². The lowest BCUT2D eigenvalue weighted by Gasteiger charge is -2.36. The number of hydrogen-bond acceptors (Lipinski definition) is 7. The first-order valence-corrected chi connectivity index (χ1v) is 11.6. The van der Waals surface area contributed by atoms with Crippen molar-refractivity contribution in [1.29, 1.82) is 0 Å². The molecule has 0 spiro atoms. The number of rotatable bonds is 4. The van der Waals surface area contributed by atoms with Gasteiger partial charge in [0.25, 0.3) is 5.56 Å². The fourth-order valence-corrected chi connectivity index (χ4v) is 5.12. The molecule has 0 aliphatic carbocycles. The van der Waals surface area contributed by atoms with Crippen LogP contribution in [0, 0.1) is 4.77 Å². The highest BCUT2D eigenvalue weighted by Gasteiger charge is 2.38. The summed E-state index contributed by atoms with van der Waals surface area (Å²) >= 11 is 5.45. The van der Waals surface area contributed by atoms with Gasteiger partial charge in [-0.05, 0) is 60.9 Å². The zero-order chi connectivity index (χ0) is 24.1. The Balaban J connectivity index is 1.74. The van der Waals surface area contributed by atoms with Crippen LogP contribution >= 0.6 is 12.2 Å². The number of aromatic amines is 1. The summed E-state index contributed by atoms with van der Waals surface area (Å²) < 4.78 is 18.6. The van der Waals surface area contributed by atoms with Gasteiger partial charge in [-0.15, -0.1) is 0 Å². The number of aromatic hydroxyl groups is 1. The van der Waals surface area contributed by atoms with E-state index < -0.39 is 11.6 Å². The Hall–Kier alpha value is -3.30. The smallest absolute Gasteiger partial charge is 0.260 e. The summed E-state index contributed by atoms with van der Waals surface area (Å²) in [6.07, 6.45) is 0.740. The topological polar surface area (TPSA) is 89.0 Å². The molecule has 2 aromatic carbocycles. The number of ether oxygens (including phenoxy) is 3. The maximum Gasteiger partial charge on any atom is 0.260 e. The van der Waals surface area contributed by atoms with Crippen LogP contribution < -0.4 is 19.8 Å². The first kappa shape index (κ1) is 22.5. The van der Waals surface area contributed by atoms with Crippen molar-refractivity contribution in [3.05, 3.63) is 67.7 Å². The molecule has 0 fully saturated rings. The number of hydrogen-bond donors (Lipinski definition) is 2. The van der Waals surface area contributed by atoms with Gasteiger partial charge < -0.3 is 19.3 Å². The van der Waals surface area contributed by atoms with E-state index in [1.54, 1.807) is 7.11 Å². The van der Waals surface area contributed by atoms with Crippen molar-refractivity contribution in [3.63, 3.8) is 0 Å². The lowest BCUT2D eigenvalue weighted by molar-refractivity contribution is 0.170. The second-order valence-corrected chi connectivity index (χ2v) is 9.31. The number of nitrogens with zero attached hydrogens (tertiary/aromatic N) is 2. The molecule has 3 aromatic rings. The average molecular weight is 482 g/mol. The van der Waals surface area contributed by atoms with Crippen LogP contribution in [0.2, 0.25) is 0 Å². The molecule has 8 nitrogen and oxygen atoms in total. The molecule has 0 amide bonds. The quantitative estimate of drug-likeness (QED) is 0.544. The van der Waals surface area contributed by atoms with Gasteiger partial charge in [0.1, 0.15) is 0 Å². The lowest BCUT2D eigenvalue weighted by Crippen LogP contribution is -2.37. The molecule has 0 unspecified atom stereocenters. The van der Waals surface area contributed by atoms with Gasteiger partial charge in [-0.2, -0.15) is 0 Å². The van der Waals surface area contributed by atoms with E-state index in [-0.39, 0.29) is 23.0 Å². The Bertz CT molecular complexity index is 1380. The summed E-state index contributed by atoms with van der Waals surface area (Å²) in [5, 5.41) is 11.5. The highest BCUT2D eigenvalue weighted by Crippen LogP contribution is 2.51. The SMILES string of the molecule is COc1c2c(cc3c1[C@H](c1c(O)n(-c4ccc(C(C)C)cc4)c(=S)[nH]c1=O)N(C)CC3)OCO2. The van der Waals surface area contributed by atoms with Crippen LogP contribution in [0.25, 0.3) is 5.69 Å². The monoisotopic (exact) mass is 481 g/mol. The Morgan fingerprint density at radius 2 is 1.94 bits per heavy atom. The van der Waals surface area contributed by atoms with Crippen molar-refractivity contribution in [2.45, 2.75) is 32.2 Å². The third kappa shape index (κ3) is 3.47. The van der Waals surface area contributed by atoms with E-state index in [9.17, 15) is 9.90 Å². The van der Waals surface area contributed by atoms with Crippen molar-refractivity contribution in [1.82, 2.24) is 14.5 Å². The zero-order valence-electron chi connectivity index (χ0n) is 19.5. The van der Waals surface area contributed by atoms with Gasteiger partial charge in [-0.25, -0.2) is 0 Å². The minimum absolute atomic E-state index is 0.109. The van der Waals surface area contributed by atoms with Crippen molar-refractivity contribution in [3.8, 4) is 28.8 Å². The van der Waals surface area contributed by atoms with E-state index in [2.05, 4.69) is 18.8 Å². The first-order valence-electron chi connectivity index (χ1n) is 11.2. The van der Waals surface area contributed by atoms with E-state index in [4.69, 9.17) is 26.4 Å². The molecule has 9 heteroatoms. The van der Waals surface area contributed by atoms with Crippen molar-refractivity contribution < 1.29 is 19.3 Å². The second-order valence-electron chi connectivity index (χ2n) is 8.93. The number of methoxy groups -OCH3 is 1. The summed E-state index contributed by atoms with van der Waals surface area (Å²) in [4.78, 5) is 18.0. The summed E-state index contributed by atoms with van der Waals surface area (Å²) in [6, 6.07) is 9.14. The van der Waals surface area contributed by atoms with Gasteiger partial charge in [0, 0.05) is 12.1 Å². The standard InChI is InChI=1S/C25H27N3O5S/c1-13(2)14-5-7-16(8-6-14)28-24(30)19(23(29)26-25(28)34)20-18-15(9-10-27(20)3)11-17-21(22(18)31-4)33-12-32-17/h5-8,11,13,20,30H,9-10,12H2,1-4H3,(H,26,29,34)/t20-/m1/s1. The molecule has 5 rings (SSSR count). The summed E-state index contributed by atoms with van der Waals surface area (Å²) in [5.41, 5.74) is 3.35. The molecular formula is C25H27N3O5S. The van der Waals surface area contributed by atoms with Crippen LogP contribution in [0.5, 0.6) is 23.1 Å². The zero-order valence-corrected chi connectivity index (χ0v) is 20.4. The van der Waals surface area contributed by atoms with Gasteiger partial charge in [-0.1, -0.05) is 26.0 Å². The van der Waals surface area contributed by atoms with Crippen LogP contribution in [0.3, 0.4) is 0 Å². The van der Waals surface area contributed by atoms with Crippen molar-refractivity contribution >= 4 is 12.2 Å². The predicted octanol–water partition coefficient (Wildman–Crippen LogP) is 4.04. The van der Waals surface area contributed by atoms with Gasteiger partial charge in [-0.3, -0.25) is 19.2 Å². The Kier molecular flexibility index (Phi) is 5.61. The molecule has 2 N–H and O–H groups in total. The van der Waals surface area contributed by atoms with Crippen LogP contribution in [0.4, 0.5) is 0 Å². The van der Waals surface area contributed by atoms with E-state index in [0.29, 0.717) is 35.4 Å². The number of aromatic nitrogens is 2. The fraction of sp³-hybridized carbons (Fsp3) is 0.360. The number of likely N-dealkylation sites (N-methyl/N-ethyl adjacent to an activating group) is 1. The fourth-order valence-electron chi connectivity index (χ4n) is 4.83. The average Bonchev–Trinajstić information content (AvgIpc) is 3.27. The summed E-state index contributed by atoms with van der Waals surface area (Å²) in [5.74, 6) is 1.81. The minimum Gasteiger partial charge on any atom is -0.494 e. The maximum atomic E-state index is 13.3. The van der Waals surface area contributed by atoms with Crippen LogP contribution in [0.15, 0.2) is 35.1 Å². The normalized spacial score (nSPS) is 17.1. The van der Waals surface area contributed by atoms with E-state index >= 15 is 0 Å². The summed E-state index contributed by atoms with van der Waals surface area (Å²) in [6.45, 7) is 5.02. The molecule has 2 aliphatic rings. The summed E-state index contributed by atoms with van der Waals surface area (Å²) in [7, 11) is 3.48. The van der Waals surface area contributed by atoms with Crippen LogP contribution in [0.1, 0.15) is 48.1 Å². The third-order valence-corrected chi connectivity index (χ3v) is 6.89. The van der Waals surface area contributed by atoms with E-state index in [1.807, 2.05) is 42.3 Å². The number of fused-ring (bicyclic) bond motifs is 2. The van der Waals surface area contributed by atoms with Gasteiger partial charge in [0.2, 0.25) is 18.4 Å². The van der Waals surface area contributed by atoms with Gasteiger partial charge in [0.05, 0.1) is 24.4 Å². The highest BCUT2D eigenvalue weighted by atomic mass is 32.1. The molecule has 178 valence electrons. The third-order valence-electron chi connectivity index (χ3n) is 6.61. The molecular weight excluding hydrogens is 454 g/mol. The molecule has 3 heterocycles. The lowest BCUT2D eigenvalue weighted by atomic mass is 9.87. The van der Waals surface area contributed by atoms with Crippen LogP contribution in [-0.2, 0) is 6.42 Å². The minimum atomic E-state index is -0.575. The molecule has 0 saturated carbocycles. The molecule has 1 atom stereocenters. The Morgan fingerprint density at radius 1 is 1.21 bits per heavy atom. The number of nitrogens with one attached hydrogen (secondary N) is 1. The number of H-pyrrole nitrogens is 1. The van der Waals surface area contributed by atoms with Crippen LogP contribution in [-0.4, -0.2) is 47.1 Å². The Morgan fingerprint density at radius 3 is 2.62 bits per heavy atom. The molecule has 34 heavy (non-hydrogen) atoms.